The van der Waals surface area contributed by atoms with Crippen LogP contribution in [0.25, 0.3) is 0 Å². The van der Waals surface area contributed by atoms with E-state index in [1.165, 1.54) is 0 Å². The second-order valence-electron chi connectivity index (χ2n) is 16.3. The molecule has 6 nitrogen and oxygen atoms in total. The average molecular weight is 873 g/mol. The molecule has 0 aliphatic heterocycles. The summed E-state index contributed by atoms with van der Waals surface area (Å²) in [4.78, 5) is 38.0. The molecule has 0 spiro atoms. The molecule has 0 N–H and O–H groups in total. The summed E-state index contributed by atoms with van der Waals surface area (Å²) in [5.74, 6) is -0.958. The lowest BCUT2D eigenvalue weighted by molar-refractivity contribution is -0.167. The number of hydrogen-bond donors (Lipinski definition) is 0. The van der Waals surface area contributed by atoms with Crippen LogP contribution in [-0.2, 0) is 28.6 Å². The summed E-state index contributed by atoms with van der Waals surface area (Å²) in [7, 11) is 0. The molecule has 0 aromatic rings. The Morgan fingerprint density at radius 3 is 0.889 bits per heavy atom. The van der Waals surface area contributed by atoms with Crippen molar-refractivity contribution in [1.29, 1.82) is 0 Å². The van der Waals surface area contributed by atoms with E-state index in [4.69, 9.17) is 14.2 Å². The lowest BCUT2D eigenvalue weighted by Crippen LogP contribution is -2.30. The molecule has 0 fully saturated rings. The van der Waals surface area contributed by atoms with Crippen LogP contribution in [0.5, 0.6) is 0 Å². The van der Waals surface area contributed by atoms with E-state index in [-0.39, 0.29) is 31.1 Å². The Hall–Kier alpha value is -3.93. The lowest BCUT2D eigenvalue weighted by atomic mass is 10.1. The third-order valence-corrected chi connectivity index (χ3v) is 10.3. The summed E-state index contributed by atoms with van der Waals surface area (Å²) < 4.78 is 16.8. The highest BCUT2D eigenvalue weighted by Gasteiger charge is 2.19. The third-order valence-electron chi connectivity index (χ3n) is 10.3. The monoisotopic (exact) mass is 873 g/mol. The van der Waals surface area contributed by atoms with E-state index in [0.29, 0.717) is 19.3 Å². The van der Waals surface area contributed by atoms with Crippen molar-refractivity contribution < 1.29 is 28.6 Å². The van der Waals surface area contributed by atoms with Gasteiger partial charge >= 0.3 is 17.9 Å². The summed E-state index contributed by atoms with van der Waals surface area (Å²) in [5.41, 5.74) is 0. The Bertz CT molecular complexity index is 1260. The molecule has 0 heterocycles. The molecule has 0 aromatic carbocycles. The van der Waals surface area contributed by atoms with Gasteiger partial charge in [-0.3, -0.25) is 14.4 Å². The number of hydrogen-bond acceptors (Lipinski definition) is 6. The van der Waals surface area contributed by atoms with Gasteiger partial charge < -0.3 is 14.2 Å². The molecule has 0 saturated heterocycles. The van der Waals surface area contributed by atoms with Crippen LogP contribution in [0.2, 0.25) is 0 Å². The van der Waals surface area contributed by atoms with Crippen LogP contribution in [0.3, 0.4) is 0 Å². The smallest absolute Gasteiger partial charge is 0.306 e. The summed E-state index contributed by atoms with van der Waals surface area (Å²) in [6, 6.07) is 0. The van der Waals surface area contributed by atoms with Crippen LogP contribution in [0.4, 0.5) is 0 Å². The van der Waals surface area contributed by atoms with Gasteiger partial charge in [0.25, 0.3) is 0 Å². The molecule has 63 heavy (non-hydrogen) atoms. The first-order valence-corrected chi connectivity index (χ1v) is 25.4. The van der Waals surface area contributed by atoms with Crippen molar-refractivity contribution in [3.05, 3.63) is 109 Å². The Balaban J connectivity index is 4.49. The highest BCUT2D eigenvalue weighted by molar-refractivity contribution is 5.71. The summed E-state index contributed by atoms with van der Waals surface area (Å²) in [6.45, 7) is 6.24. The van der Waals surface area contributed by atoms with E-state index < -0.39 is 6.10 Å². The Labute approximate surface area is 387 Å². The predicted octanol–water partition coefficient (Wildman–Crippen LogP) is 16.8. The molecule has 0 atom stereocenters. The van der Waals surface area contributed by atoms with Gasteiger partial charge in [-0.15, -0.1) is 0 Å². The van der Waals surface area contributed by atoms with Crippen molar-refractivity contribution in [2.75, 3.05) is 13.2 Å². The van der Waals surface area contributed by atoms with Crippen LogP contribution >= 0.6 is 0 Å². The molecule has 0 rings (SSSR count). The SMILES string of the molecule is CC/C=C/C/C=C\C/C=C\CCCCCCCC(=O)OC(COC(=O)CCCCCCC/C=C\C/C=C/C/C=C/CC)COC(=O)CCCCCCC/C=C\C/C=C/C/C=C/CC. The van der Waals surface area contributed by atoms with Crippen LogP contribution in [0, 0.1) is 0 Å². The van der Waals surface area contributed by atoms with Crippen molar-refractivity contribution in [3.8, 4) is 0 Å². The van der Waals surface area contributed by atoms with Gasteiger partial charge in [0.2, 0.25) is 0 Å². The first kappa shape index (κ1) is 59.1. The lowest BCUT2D eigenvalue weighted by Gasteiger charge is -2.18. The van der Waals surface area contributed by atoms with Crippen molar-refractivity contribution >= 4 is 17.9 Å². The number of carbonyl (C=O) groups is 3. The molecule has 0 saturated carbocycles. The van der Waals surface area contributed by atoms with Crippen LogP contribution in [-0.4, -0.2) is 37.2 Å². The zero-order valence-corrected chi connectivity index (χ0v) is 40.5. The number of unbranched alkanes of at least 4 members (excludes halogenated alkanes) is 15. The fraction of sp³-hybridized carbons (Fsp3) is 0.632. The molecule has 0 bridgehead atoms. The first-order valence-electron chi connectivity index (χ1n) is 25.4. The second kappa shape index (κ2) is 50.7. The minimum atomic E-state index is -0.803. The molecule has 0 aromatic heterocycles. The van der Waals surface area contributed by atoms with E-state index in [9.17, 15) is 14.4 Å². The van der Waals surface area contributed by atoms with Gasteiger partial charge in [0.05, 0.1) is 0 Å². The van der Waals surface area contributed by atoms with E-state index >= 15 is 0 Å². The van der Waals surface area contributed by atoms with Gasteiger partial charge in [0.15, 0.2) is 6.10 Å². The molecule has 6 heteroatoms. The van der Waals surface area contributed by atoms with Crippen molar-refractivity contribution in [2.24, 2.45) is 0 Å². The standard InChI is InChI=1S/C57H92O6/c1-4-7-10-13-16-19-22-25-28-31-34-37-40-43-46-49-55(58)61-52-54(63-57(60)51-48-45-42-39-36-33-30-27-24-21-18-15-12-9-6-3)53-62-56(59)50-47-44-41-38-35-32-29-26-23-20-17-14-11-8-5-2/h7-12,16-21,25-30,54H,4-6,13-15,22-24,31-53H2,1-3H3/b10-7+,11-8+,12-9+,19-16+,20-17+,21-18-,28-25-,29-26-,30-27-. The topological polar surface area (TPSA) is 78.9 Å². The highest BCUT2D eigenvalue weighted by Crippen LogP contribution is 2.13. The van der Waals surface area contributed by atoms with E-state index in [1.54, 1.807) is 0 Å². The number of rotatable bonds is 44. The maximum absolute atomic E-state index is 12.8. The molecular formula is C57H92O6. The number of allylic oxidation sites excluding steroid dienone is 18. The van der Waals surface area contributed by atoms with E-state index in [1.807, 2.05) is 0 Å². The van der Waals surface area contributed by atoms with Crippen LogP contribution < -0.4 is 0 Å². The maximum atomic E-state index is 12.8. The quantitative estimate of drug-likeness (QED) is 0.0263. The fourth-order valence-electron chi connectivity index (χ4n) is 6.54. The van der Waals surface area contributed by atoms with Crippen molar-refractivity contribution in [1.82, 2.24) is 0 Å². The summed E-state index contributed by atoms with van der Waals surface area (Å²) in [6.07, 6.45) is 67.8. The summed E-state index contributed by atoms with van der Waals surface area (Å²) >= 11 is 0. The average Bonchev–Trinajstić information content (AvgIpc) is 3.28. The minimum absolute atomic E-state index is 0.102. The van der Waals surface area contributed by atoms with Gasteiger partial charge in [0.1, 0.15) is 13.2 Å². The van der Waals surface area contributed by atoms with Gasteiger partial charge in [-0.05, 0) is 116 Å². The minimum Gasteiger partial charge on any atom is -0.462 e. The van der Waals surface area contributed by atoms with E-state index in [2.05, 4.69) is 130 Å². The normalized spacial score (nSPS) is 12.6. The Kier molecular flexibility index (Phi) is 47.5. The summed E-state index contributed by atoms with van der Waals surface area (Å²) in [5, 5.41) is 0. The Morgan fingerprint density at radius 2 is 0.571 bits per heavy atom. The zero-order valence-electron chi connectivity index (χ0n) is 40.5. The van der Waals surface area contributed by atoms with Gasteiger partial charge in [-0.25, -0.2) is 0 Å². The van der Waals surface area contributed by atoms with Crippen LogP contribution in [0.15, 0.2) is 109 Å². The molecule has 0 radical (unpaired) electrons. The molecule has 356 valence electrons. The van der Waals surface area contributed by atoms with E-state index in [0.717, 1.165) is 173 Å². The van der Waals surface area contributed by atoms with Gasteiger partial charge in [-0.1, -0.05) is 188 Å². The largest absolute Gasteiger partial charge is 0.462 e. The van der Waals surface area contributed by atoms with Gasteiger partial charge in [-0.2, -0.15) is 0 Å². The molecule has 0 amide bonds. The second-order valence-corrected chi connectivity index (χ2v) is 16.3. The first-order chi connectivity index (χ1) is 31.0. The highest BCUT2D eigenvalue weighted by atomic mass is 16.6. The fourth-order valence-corrected chi connectivity index (χ4v) is 6.54. The Morgan fingerprint density at radius 1 is 0.317 bits per heavy atom. The number of esters is 3. The number of ether oxygens (including phenoxy) is 3. The van der Waals surface area contributed by atoms with Crippen LogP contribution in [0.1, 0.15) is 213 Å². The zero-order chi connectivity index (χ0) is 45.8. The molecule has 0 aliphatic rings. The van der Waals surface area contributed by atoms with Crippen molar-refractivity contribution in [3.63, 3.8) is 0 Å². The molecule has 0 aliphatic carbocycles. The van der Waals surface area contributed by atoms with Crippen molar-refractivity contribution in [2.45, 2.75) is 219 Å². The molecule has 0 unspecified atom stereocenters. The number of carbonyl (C=O) groups excluding carboxylic acids is 3. The molecular weight excluding hydrogens is 781 g/mol. The third kappa shape index (κ3) is 49.0. The van der Waals surface area contributed by atoms with Gasteiger partial charge in [0, 0.05) is 19.3 Å². The predicted molar refractivity (Wildman–Crippen MR) is 270 cm³/mol. The maximum Gasteiger partial charge on any atom is 0.306 e.